The van der Waals surface area contributed by atoms with E-state index in [9.17, 15) is 10.1 Å². The number of esters is 1. The fourth-order valence-electron chi connectivity index (χ4n) is 3.12. The monoisotopic (exact) mass is 443 g/mol. The molecular weight excluding hydrogens is 424 g/mol. The van der Waals surface area contributed by atoms with Gasteiger partial charge in [-0.05, 0) is 24.6 Å². The van der Waals surface area contributed by atoms with Crippen molar-refractivity contribution in [3.63, 3.8) is 0 Å². The fraction of sp³-hybridized carbons (Fsp3) is 0.250. The van der Waals surface area contributed by atoms with E-state index in [0.717, 1.165) is 10.0 Å². The van der Waals surface area contributed by atoms with Crippen LogP contribution in [0.4, 0.5) is 0 Å². The van der Waals surface area contributed by atoms with Crippen molar-refractivity contribution in [2.24, 2.45) is 12.8 Å². The number of aromatic nitrogens is 2. The number of allylic oxidation sites excluding steroid dienone is 2. The molecule has 144 valence electrons. The van der Waals surface area contributed by atoms with Crippen LogP contribution in [0.1, 0.15) is 18.4 Å². The van der Waals surface area contributed by atoms with Crippen LogP contribution in [-0.4, -0.2) is 17.1 Å². The van der Waals surface area contributed by atoms with E-state index in [2.05, 4.69) is 22.0 Å². The van der Waals surface area contributed by atoms with Gasteiger partial charge in [-0.1, -0.05) is 28.1 Å². The number of nitriles is 1. The summed E-state index contributed by atoms with van der Waals surface area (Å²) in [6.07, 6.45) is 5.69. The lowest BCUT2D eigenvalue weighted by molar-refractivity contribution is -0.671. The van der Waals surface area contributed by atoms with Crippen molar-refractivity contribution < 1.29 is 18.8 Å². The summed E-state index contributed by atoms with van der Waals surface area (Å²) in [6, 6.07) is 9.47. The second kappa shape index (κ2) is 8.31. The van der Waals surface area contributed by atoms with Gasteiger partial charge in [-0.3, -0.25) is 0 Å². The molecular formula is C20H20BrN4O3+. The topological polar surface area (TPSA) is 94.2 Å². The van der Waals surface area contributed by atoms with Gasteiger partial charge in [0.05, 0.1) is 18.5 Å². The van der Waals surface area contributed by atoms with Crippen molar-refractivity contribution in [1.29, 1.82) is 5.26 Å². The second-order valence-corrected chi connectivity index (χ2v) is 7.32. The Balaban J connectivity index is 1.86. The Kier molecular flexibility index (Phi) is 5.85. The van der Waals surface area contributed by atoms with Gasteiger partial charge in [0.2, 0.25) is 12.2 Å². The van der Waals surface area contributed by atoms with E-state index in [1.165, 1.54) is 0 Å². The smallest absolute Gasteiger partial charge is 0.338 e. The number of nitrogens with zero attached hydrogens (tertiary/aromatic N) is 3. The minimum Gasteiger partial charge on any atom is -0.458 e. The first-order valence-corrected chi connectivity index (χ1v) is 9.42. The largest absolute Gasteiger partial charge is 0.458 e. The number of hydrogen-bond donors (Lipinski definition) is 1. The van der Waals surface area contributed by atoms with Crippen LogP contribution >= 0.6 is 15.9 Å². The number of hydrogen-bond acceptors (Lipinski definition) is 5. The molecule has 1 aromatic carbocycles. The first-order valence-electron chi connectivity index (χ1n) is 8.62. The SMILES string of the molecule is CC1=C(C(=O)OCCn2cc[n+](C)c2)C(c2cccc(Br)c2)C(C#N)=C(N)O1. The van der Waals surface area contributed by atoms with Crippen LogP contribution in [-0.2, 0) is 27.9 Å². The molecule has 0 bridgehead atoms. The Morgan fingerprint density at radius 2 is 2.29 bits per heavy atom. The first kappa shape index (κ1) is 19.7. The van der Waals surface area contributed by atoms with E-state index < -0.39 is 11.9 Å². The number of aryl methyl sites for hydroxylation is 1. The average molecular weight is 444 g/mol. The van der Waals surface area contributed by atoms with Crippen molar-refractivity contribution >= 4 is 21.9 Å². The van der Waals surface area contributed by atoms with Crippen molar-refractivity contribution in [1.82, 2.24) is 4.57 Å². The molecule has 1 atom stereocenters. The predicted molar refractivity (Wildman–Crippen MR) is 104 cm³/mol. The van der Waals surface area contributed by atoms with Gasteiger partial charge in [0.1, 0.15) is 42.9 Å². The van der Waals surface area contributed by atoms with Crippen LogP contribution in [0.5, 0.6) is 0 Å². The van der Waals surface area contributed by atoms with E-state index in [1.807, 2.05) is 59.2 Å². The van der Waals surface area contributed by atoms with Gasteiger partial charge in [-0.2, -0.15) is 5.26 Å². The number of imidazole rings is 1. The minimum atomic E-state index is -0.645. The zero-order chi connectivity index (χ0) is 20.3. The Labute approximate surface area is 171 Å². The molecule has 0 radical (unpaired) electrons. The lowest BCUT2D eigenvalue weighted by Gasteiger charge is -2.27. The maximum absolute atomic E-state index is 12.9. The van der Waals surface area contributed by atoms with Crippen molar-refractivity contribution in [3.8, 4) is 6.07 Å². The van der Waals surface area contributed by atoms with E-state index in [0.29, 0.717) is 12.3 Å². The number of carbonyl (C=O) groups is 1. The molecule has 2 heterocycles. The summed E-state index contributed by atoms with van der Waals surface area (Å²) < 4.78 is 15.6. The predicted octanol–water partition coefficient (Wildman–Crippen LogP) is 2.40. The molecule has 0 saturated carbocycles. The van der Waals surface area contributed by atoms with Gasteiger partial charge < -0.3 is 15.2 Å². The standard InChI is InChI=1S/C20H20BrN4O3/c1-13-17(20(26)27-9-8-25-7-6-24(2)12-25)18(16(11-22)19(23)28-13)14-4-3-5-15(21)10-14/h3-7,10,12,18H,8-9,23H2,1-2H3/q+1. The van der Waals surface area contributed by atoms with E-state index in [1.54, 1.807) is 6.92 Å². The summed E-state index contributed by atoms with van der Waals surface area (Å²) in [5.74, 6) is -0.840. The number of carbonyl (C=O) groups excluding carboxylic acids is 1. The Hall–Kier alpha value is -3.05. The summed E-state index contributed by atoms with van der Waals surface area (Å²) in [5.41, 5.74) is 7.14. The Morgan fingerprint density at radius 3 is 2.93 bits per heavy atom. The van der Waals surface area contributed by atoms with Crippen LogP contribution in [0.3, 0.4) is 0 Å². The zero-order valence-electron chi connectivity index (χ0n) is 15.6. The van der Waals surface area contributed by atoms with Crippen LogP contribution < -0.4 is 10.3 Å². The minimum absolute atomic E-state index is 0.00127. The number of rotatable bonds is 5. The zero-order valence-corrected chi connectivity index (χ0v) is 17.1. The van der Waals surface area contributed by atoms with Crippen LogP contribution in [0.15, 0.2) is 70.2 Å². The van der Waals surface area contributed by atoms with Crippen LogP contribution in [0.25, 0.3) is 0 Å². The molecule has 0 fully saturated rings. The quantitative estimate of drug-likeness (QED) is 0.565. The highest BCUT2D eigenvalue weighted by Crippen LogP contribution is 2.40. The van der Waals surface area contributed by atoms with Crippen molar-refractivity contribution in [3.05, 3.63) is 75.8 Å². The average Bonchev–Trinajstić information content (AvgIpc) is 3.06. The molecule has 2 aromatic rings. The third-order valence-electron chi connectivity index (χ3n) is 4.41. The maximum Gasteiger partial charge on any atom is 0.338 e. The van der Waals surface area contributed by atoms with Crippen LogP contribution in [0, 0.1) is 11.3 Å². The summed E-state index contributed by atoms with van der Waals surface area (Å²) in [6.45, 7) is 2.36. The molecule has 0 amide bonds. The summed E-state index contributed by atoms with van der Waals surface area (Å²) in [5, 5.41) is 9.62. The van der Waals surface area contributed by atoms with Gasteiger partial charge in [0.25, 0.3) is 0 Å². The van der Waals surface area contributed by atoms with E-state index in [4.69, 9.17) is 15.2 Å². The third-order valence-corrected chi connectivity index (χ3v) is 4.91. The number of halogens is 1. The molecule has 1 unspecified atom stereocenters. The molecule has 1 aliphatic rings. The number of nitrogens with two attached hydrogens (primary N) is 1. The Bertz CT molecular complexity index is 1020. The van der Waals surface area contributed by atoms with Gasteiger partial charge in [0.15, 0.2) is 0 Å². The highest BCUT2D eigenvalue weighted by Gasteiger charge is 2.36. The molecule has 28 heavy (non-hydrogen) atoms. The lowest BCUT2D eigenvalue weighted by Crippen LogP contribution is -2.26. The third kappa shape index (κ3) is 4.10. The molecule has 0 spiro atoms. The maximum atomic E-state index is 12.9. The normalized spacial score (nSPS) is 16.6. The number of benzene rings is 1. The second-order valence-electron chi connectivity index (χ2n) is 6.40. The highest BCUT2D eigenvalue weighted by molar-refractivity contribution is 9.10. The molecule has 1 aromatic heterocycles. The van der Waals surface area contributed by atoms with Gasteiger partial charge in [-0.25, -0.2) is 13.9 Å². The highest BCUT2D eigenvalue weighted by atomic mass is 79.9. The summed E-state index contributed by atoms with van der Waals surface area (Å²) >= 11 is 3.43. The molecule has 3 rings (SSSR count). The fourth-order valence-corrected chi connectivity index (χ4v) is 3.54. The van der Waals surface area contributed by atoms with Gasteiger partial charge >= 0.3 is 5.97 Å². The van der Waals surface area contributed by atoms with Gasteiger partial charge in [0, 0.05) is 4.47 Å². The van der Waals surface area contributed by atoms with E-state index in [-0.39, 0.29) is 23.6 Å². The Morgan fingerprint density at radius 1 is 1.50 bits per heavy atom. The number of ether oxygens (including phenoxy) is 2. The summed E-state index contributed by atoms with van der Waals surface area (Å²) in [4.78, 5) is 12.9. The van der Waals surface area contributed by atoms with E-state index >= 15 is 0 Å². The molecule has 7 nitrogen and oxygen atoms in total. The molecule has 1 aliphatic heterocycles. The van der Waals surface area contributed by atoms with Crippen molar-refractivity contribution in [2.45, 2.75) is 19.4 Å². The summed E-state index contributed by atoms with van der Waals surface area (Å²) in [7, 11) is 1.92. The lowest BCUT2D eigenvalue weighted by atomic mass is 9.83. The van der Waals surface area contributed by atoms with Crippen molar-refractivity contribution in [2.75, 3.05) is 6.61 Å². The van der Waals surface area contributed by atoms with Crippen LogP contribution in [0.2, 0.25) is 0 Å². The van der Waals surface area contributed by atoms with Gasteiger partial charge in [-0.15, -0.1) is 0 Å². The first-order chi connectivity index (χ1) is 13.4. The molecule has 2 N–H and O–H groups in total. The molecule has 0 saturated heterocycles. The molecule has 0 aliphatic carbocycles. The molecule has 8 heteroatoms.